The first-order chi connectivity index (χ1) is 12.7. The van der Waals surface area contributed by atoms with E-state index < -0.39 is 0 Å². The molecule has 0 unspecified atom stereocenters. The third kappa shape index (κ3) is 3.21. The molecule has 0 bridgehead atoms. The summed E-state index contributed by atoms with van der Waals surface area (Å²) in [5.41, 5.74) is 6.76. The molecular formula is C22H24N4. The van der Waals surface area contributed by atoms with Crippen LogP contribution in [0, 0.1) is 0 Å². The summed E-state index contributed by atoms with van der Waals surface area (Å²) in [5.74, 6) is 0. The zero-order valence-corrected chi connectivity index (χ0v) is 15.3. The van der Waals surface area contributed by atoms with Crippen LogP contribution in [-0.2, 0) is 6.54 Å². The molecule has 0 aliphatic carbocycles. The third-order valence-corrected chi connectivity index (χ3v) is 4.65. The largest absolute Gasteiger partial charge is 0.310 e. The Morgan fingerprint density at radius 3 is 2.46 bits per heavy atom. The maximum atomic E-state index is 4.96. The standard InChI is InChI=1S/C22H24N4/c1-25(2)15-14-23-16-18-12-13-21-22(17-8-4-3-5-9-17)24-19-10-6-7-11-20(19)26(18)21/h3-13,23H,14-16H2,1-2H3. The summed E-state index contributed by atoms with van der Waals surface area (Å²) in [5, 5.41) is 3.55. The lowest BCUT2D eigenvalue weighted by atomic mass is 10.1. The van der Waals surface area contributed by atoms with Gasteiger partial charge in [-0.25, -0.2) is 4.98 Å². The van der Waals surface area contributed by atoms with Crippen molar-refractivity contribution in [1.29, 1.82) is 0 Å². The minimum atomic E-state index is 0.838. The van der Waals surface area contributed by atoms with Gasteiger partial charge in [0.25, 0.3) is 0 Å². The van der Waals surface area contributed by atoms with Crippen molar-refractivity contribution < 1.29 is 0 Å². The zero-order chi connectivity index (χ0) is 17.9. The molecule has 4 heteroatoms. The third-order valence-electron chi connectivity index (χ3n) is 4.65. The topological polar surface area (TPSA) is 32.6 Å². The van der Waals surface area contributed by atoms with Crippen LogP contribution < -0.4 is 5.32 Å². The van der Waals surface area contributed by atoms with Gasteiger partial charge in [0, 0.05) is 30.9 Å². The molecule has 0 saturated heterocycles. The summed E-state index contributed by atoms with van der Waals surface area (Å²) in [6, 6.07) is 23.2. The van der Waals surface area contributed by atoms with Crippen molar-refractivity contribution in [2.24, 2.45) is 0 Å². The van der Waals surface area contributed by atoms with E-state index >= 15 is 0 Å². The van der Waals surface area contributed by atoms with Crippen LogP contribution >= 0.6 is 0 Å². The van der Waals surface area contributed by atoms with Crippen LogP contribution in [0.1, 0.15) is 5.69 Å². The summed E-state index contributed by atoms with van der Waals surface area (Å²) >= 11 is 0. The molecule has 0 atom stereocenters. The van der Waals surface area contributed by atoms with E-state index in [-0.39, 0.29) is 0 Å². The lowest BCUT2D eigenvalue weighted by molar-refractivity contribution is 0.399. The smallest absolute Gasteiger partial charge is 0.0950 e. The summed E-state index contributed by atoms with van der Waals surface area (Å²) in [7, 11) is 4.19. The number of nitrogens with zero attached hydrogens (tertiary/aromatic N) is 3. The Morgan fingerprint density at radius 2 is 1.65 bits per heavy atom. The fourth-order valence-corrected chi connectivity index (χ4v) is 3.34. The van der Waals surface area contributed by atoms with Crippen LogP contribution in [0.4, 0.5) is 0 Å². The van der Waals surface area contributed by atoms with E-state index in [9.17, 15) is 0 Å². The number of nitrogens with one attached hydrogen (secondary N) is 1. The molecule has 0 saturated carbocycles. The highest BCUT2D eigenvalue weighted by molar-refractivity contribution is 5.88. The minimum Gasteiger partial charge on any atom is -0.310 e. The molecule has 2 aromatic heterocycles. The Hall–Kier alpha value is -2.69. The van der Waals surface area contributed by atoms with Gasteiger partial charge in [-0.1, -0.05) is 42.5 Å². The van der Waals surface area contributed by atoms with Crippen molar-refractivity contribution in [3.8, 4) is 11.3 Å². The number of aromatic nitrogens is 2. The van der Waals surface area contributed by atoms with Crippen molar-refractivity contribution >= 4 is 16.6 Å². The van der Waals surface area contributed by atoms with Gasteiger partial charge in [-0.2, -0.15) is 0 Å². The van der Waals surface area contributed by atoms with Crippen molar-refractivity contribution in [2.75, 3.05) is 27.2 Å². The first-order valence-electron chi connectivity index (χ1n) is 9.04. The molecule has 0 aliphatic heterocycles. The normalized spacial score (nSPS) is 11.7. The number of hydrogen-bond donors (Lipinski definition) is 1. The van der Waals surface area contributed by atoms with Gasteiger partial charge in [0.2, 0.25) is 0 Å². The summed E-state index contributed by atoms with van der Waals surface area (Å²) in [4.78, 5) is 7.15. The summed E-state index contributed by atoms with van der Waals surface area (Å²) in [6.07, 6.45) is 0. The van der Waals surface area contributed by atoms with Crippen molar-refractivity contribution in [3.63, 3.8) is 0 Å². The highest BCUT2D eigenvalue weighted by Crippen LogP contribution is 2.28. The quantitative estimate of drug-likeness (QED) is 0.540. The predicted octanol–water partition coefficient (Wildman–Crippen LogP) is 3.81. The first kappa shape index (κ1) is 16.8. The van der Waals surface area contributed by atoms with Gasteiger partial charge in [-0.15, -0.1) is 0 Å². The second-order valence-corrected chi connectivity index (χ2v) is 6.84. The number of para-hydroxylation sites is 2. The molecule has 26 heavy (non-hydrogen) atoms. The fourth-order valence-electron chi connectivity index (χ4n) is 3.34. The number of hydrogen-bond acceptors (Lipinski definition) is 3. The van der Waals surface area contributed by atoms with E-state index in [4.69, 9.17) is 4.98 Å². The molecule has 0 radical (unpaired) electrons. The molecule has 4 rings (SSSR count). The molecule has 2 aromatic carbocycles. The molecule has 0 fully saturated rings. The molecule has 0 spiro atoms. The highest BCUT2D eigenvalue weighted by Gasteiger charge is 2.13. The average Bonchev–Trinajstić information content (AvgIpc) is 3.09. The Kier molecular flexibility index (Phi) is 4.69. The van der Waals surface area contributed by atoms with Crippen molar-refractivity contribution in [2.45, 2.75) is 6.54 Å². The Bertz CT molecular complexity index is 1020. The lowest BCUT2D eigenvalue weighted by Gasteiger charge is -2.13. The first-order valence-corrected chi connectivity index (χ1v) is 9.04. The molecule has 0 aliphatic rings. The van der Waals surface area contributed by atoms with E-state index in [0.717, 1.165) is 47.4 Å². The average molecular weight is 344 g/mol. The van der Waals surface area contributed by atoms with E-state index in [2.05, 4.69) is 89.4 Å². The monoisotopic (exact) mass is 344 g/mol. The summed E-state index contributed by atoms with van der Waals surface area (Å²) < 4.78 is 2.34. The highest BCUT2D eigenvalue weighted by atomic mass is 15.1. The predicted molar refractivity (Wildman–Crippen MR) is 108 cm³/mol. The van der Waals surface area contributed by atoms with Crippen molar-refractivity contribution in [1.82, 2.24) is 19.6 Å². The molecule has 0 amide bonds. The Balaban J connectivity index is 1.81. The molecule has 4 aromatic rings. The second-order valence-electron chi connectivity index (χ2n) is 6.84. The van der Waals surface area contributed by atoms with Gasteiger partial charge in [0.1, 0.15) is 0 Å². The zero-order valence-electron chi connectivity index (χ0n) is 15.3. The van der Waals surface area contributed by atoms with Crippen LogP contribution in [0.15, 0.2) is 66.7 Å². The van der Waals surface area contributed by atoms with E-state index in [1.165, 1.54) is 5.69 Å². The Labute approximate surface area is 154 Å². The molecule has 2 heterocycles. The fraction of sp³-hybridized carbons (Fsp3) is 0.227. The van der Waals surface area contributed by atoms with Crippen molar-refractivity contribution in [3.05, 3.63) is 72.4 Å². The SMILES string of the molecule is CN(C)CCNCc1ccc2c(-c3ccccc3)nc3ccccc3n12. The van der Waals surface area contributed by atoms with Gasteiger partial charge < -0.3 is 14.6 Å². The molecular weight excluding hydrogens is 320 g/mol. The lowest BCUT2D eigenvalue weighted by Crippen LogP contribution is -2.26. The van der Waals surface area contributed by atoms with E-state index in [1.54, 1.807) is 0 Å². The molecule has 132 valence electrons. The van der Waals surface area contributed by atoms with Gasteiger partial charge in [0.05, 0.1) is 22.2 Å². The number of fused-ring (bicyclic) bond motifs is 3. The Morgan fingerprint density at radius 1 is 0.885 bits per heavy atom. The van der Waals surface area contributed by atoms with Gasteiger partial charge in [-0.3, -0.25) is 0 Å². The maximum Gasteiger partial charge on any atom is 0.0950 e. The van der Waals surface area contributed by atoms with Crippen LogP contribution in [-0.4, -0.2) is 41.5 Å². The van der Waals surface area contributed by atoms with Crippen LogP contribution in [0.3, 0.4) is 0 Å². The second kappa shape index (κ2) is 7.28. The van der Waals surface area contributed by atoms with Gasteiger partial charge in [-0.05, 0) is 38.4 Å². The number of likely N-dealkylation sites (N-methyl/N-ethyl adjacent to an activating group) is 1. The van der Waals surface area contributed by atoms with Crippen LogP contribution in [0.25, 0.3) is 27.8 Å². The number of rotatable bonds is 6. The van der Waals surface area contributed by atoms with Gasteiger partial charge in [0.15, 0.2) is 0 Å². The molecule has 1 N–H and O–H groups in total. The van der Waals surface area contributed by atoms with Gasteiger partial charge >= 0.3 is 0 Å². The minimum absolute atomic E-state index is 0.838. The maximum absolute atomic E-state index is 4.96. The number of benzene rings is 2. The van der Waals surface area contributed by atoms with E-state index in [0.29, 0.717) is 0 Å². The molecule has 4 nitrogen and oxygen atoms in total. The van der Waals surface area contributed by atoms with Crippen LogP contribution in [0.2, 0.25) is 0 Å². The summed E-state index contributed by atoms with van der Waals surface area (Å²) in [6.45, 7) is 2.83. The van der Waals surface area contributed by atoms with E-state index in [1.807, 2.05) is 6.07 Å². The van der Waals surface area contributed by atoms with Crippen LogP contribution in [0.5, 0.6) is 0 Å².